The SMILES string of the molecule is CCCC(C)N1CC=C[C@]23O[C@]4(CC)/C=C\CCCCOC(=O)[C@@H]4[C@H]2C(=O)N(CCO)C3C1=O. The maximum Gasteiger partial charge on any atom is 0.313 e. The van der Waals surface area contributed by atoms with Gasteiger partial charge in [-0.05, 0) is 39.0 Å². The highest BCUT2D eigenvalue weighted by atomic mass is 16.6. The lowest BCUT2D eigenvalue weighted by atomic mass is 9.73. The van der Waals surface area contributed by atoms with Gasteiger partial charge in [0.2, 0.25) is 11.8 Å². The summed E-state index contributed by atoms with van der Waals surface area (Å²) in [4.78, 5) is 44.6. The summed E-state index contributed by atoms with van der Waals surface area (Å²) in [6, 6.07) is -0.938. The number of aliphatic hydroxyl groups excluding tert-OH is 1. The zero-order chi connectivity index (χ0) is 24.5. The number of nitrogens with zero attached hydrogens (tertiary/aromatic N) is 2. The third-order valence-electron chi connectivity index (χ3n) is 7.99. The maximum absolute atomic E-state index is 14.0. The van der Waals surface area contributed by atoms with Crippen molar-refractivity contribution in [2.45, 2.75) is 82.6 Å². The summed E-state index contributed by atoms with van der Waals surface area (Å²) >= 11 is 0. The molecule has 1 spiro atoms. The molecular formula is C26H38N2O6. The highest BCUT2D eigenvalue weighted by molar-refractivity contribution is 5.99. The molecule has 4 heterocycles. The Hall–Kier alpha value is -2.19. The van der Waals surface area contributed by atoms with Crippen molar-refractivity contribution >= 4 is 17.8 Å². The number of carbonyl (C=O) groups is 3. The van der Waals surface area contributed by atoms with E-state index in [0.29, 0.717) is 19.6 Å². The van der Waals surface area contributed by atoms with Crippen molar-refractivity contribution in [2.24, 2.45) is 11.8 Å². The molecule has 188 valence electrons. The lowest BCUT2D eigenvalue weighted by Crippen LogP contribution is -2.57. The van der Waals surface area contributed by atoms with E-state index in [2.05, 4.69) is 6.92 Å². The first kappa shape index (κ1) is 24.9. The fourth-order valence-electron chi connectivity index (χ4n) is 6.37. The van der Waals surface area contributed by atoms with E-state index >= 15 is 0 Å². The number of cyclic esters (lactones) is 1. The van der Waals surface area contributed by atoms with Crippen molar-refractivity contribution in [3.05, 3.63) is 24.3 Å². The monoisotopic (exact) mass is 474 g/mol. The minimum Gasteiger partial charge on any atom is -0.465 e. The number of hydrogen-bond acceptors (Lipinski definition) is 6. The molecule has 0 bridgehead atoms. The summed E-state index contributed by atoms with van der Waals surface area (Å²) in [6.07, 6.45) is 12.5. The predicted octanol–water partition coefficient (Wildman–Crippen LogP) is 2.21. The molecule has 4 aliphatic heterocycles. The van der Waals surface area contributed by atoms with Gasteiger partial charge in [-0.2, -0.15) is 0 Å². The van der Waals surface area contributed by atoms with E-state index in [1.807, 2.05) is 38.2 Å². The van der Waals surface area contributed by atoms with Crippen molar-refractivity contribution in [1.29, 1.82) is 0 Å². The van der Waals surface area contributed by atoms with E-state index in [9.17, 15) is 19.5 Å². The van der Waals surface area contributed by atoms with Crippen LogP contribution in [0, 0.1) is 11.8 Å². The molecule has 34 heavy (non-hydrogen) atoms. The molecule has 0 saturated carbocycles. The van der Waals surface area contributed by atoms with Crippen LogP contribution in [0.25, 0.3) is 0 Å². The zero-order valence-corrected chi connectivity index (χ0v) is 20.6. The quantitative estimate of drug-likeness (QED) is 0.468. The van der Waals surface area contributed by atoms with E-state index in [4.69, 9.17) is 9.47 Å². The molecule has 2 fully saturated rings. The number of hydrogen-bond donors (Lipinski definition) is 1. The molecular weight excluding hydrogens is 436 g/mol. The average molecular weight is 475 g/mol. The molecule has 4 aliphatic rings. The minimum absolute atomic E-state index is 0.00506. The number of amides is 2. The van der Waals surface area contributed by atoms with Crippen LogP contribution in [0.2, 0.25) is 0 Å². The second-order valence-corrected chi connectivity index (χ2v) is 9.97. The molecule has 4 rings (SSSR count). The second kappa shape index (κ2) is 9.82. The fourth-order valence-corrected chi connectivity index (χ4v) is 6.37. The third kappa shape index (κ3) is 3.79. The number of rotatable bonds is 6. The first-order valence-corrected chi connectivity index (χ1v) is 12.8. The second-order valence-electron chi connectivity index (χ2n) is 9.97. The van der Waals surface area contributed by atoms with Gasteiger partial charge < -0.3 is 24.4 Å². The van der Waals surface area contributed by atoms with Crippen LogP contribution in [0.15, 0.2) is 24.3 Å². The smallest absolute Gasteiger partial charge is 0.313 e. The van der Waals surface area contributed by atoms with Crippen molar-refractivity contribution in [1.82, 2.24) is 9.80 Å². The van der Waals surface area contributed by atoms with Gasteiger partial charge in [-0.1, -0.05) is 44.6 Å². The summed E-state index contributed by atoms with van der Waals surface area (Å²) in [5.41, 5.74) is -2.32. The first-order chi connectivity index (χ1) is 16.4. The van der Waals surface area contributed by atoms with Crippen LogP contribution in [-0.4, -0.2) is 82.3 Å². The third-order valence-corrected chi connectivity index (χ3v) is 7.99. The van der Waals surface area contributed by atoms with Gasteiger partial charge in [0.25, 0.3) is 0 Å². The largest absolute Gasteiger partial charge is 0.465 e. The Labute approximate surface area is 201 Å². The summed E-state index contributed by atoms with van der Waals surface area (Å²) in [5.74, 6) is -2.72. The zero-order valence-electron chi connectivity index (χ0n) is 20.6. The van der Waals surface area contributed by atoms with Crippen LogP contribution in [-0.2, 0) is 23.9 Å². The van der Waals surface area contributed by atoms with E-state index in [1.165, 1.54) is 4.90 Å². The van der Waals surface area contributed by atoms with Gasteiger partial charge in [-0.15, -0.1) is 0 Å². The van der Waals surface area contributed by atoms with E-state index in [1.54, 1.807) is 4.90 Å². The molecule has 0 radical (unpaired) electrons. The van der Waals surface area contributed by atoms with Crippen molar-refractivity contribution in [2.75, 3.05) is 26.3 Å². The molecule has 2 saturated heterocycles. The Balaban J connectivity index is 1.86. The van der Waals surface area contributed by atoms with Crippen LogP contribution < -0.4 is 0 Å². The number of ether oxygens (including phenoxy) is 2. The summed E-state index contributed by atoms with van der Waals surface area (Å²) in [6.45, 7) is 6.49. The normalized spacial score (nSPS) is 37.5. The van der Waals surface area contributed by atoms with Gasteiger partial charge in [0, 0.05) is 19.1 Å². The van der Waals surface area contributed by atoms with Crippen LogP contribution in [0.4, 0.5) is 0 Å². The van der Waals surface area contributed by atoms with E-state index < -0.39 is 35.0 Å². The minimum atomic E-state index is -1.29. The molecule has 2 unspecified atom stereocenters. The Morgan fingerprint density at radius 3 is 2.62 bits per heavy atom. The molecule has 0 aliphatic carbocycles. The lowest BCUT2D eigenvalue weighted by Gasteiger charge is -2.39. The molecule has 6 atom stereocenters. The Morgan fingerprint density at radius 1 is 1.12 bits per heavy atom. The van der Waals surface area contributed by atoms with Gasteiger partial charge in [0.05, 0.1) is 19.1 Å². The Kier molecular flexibility index (Phi) is 7.20. The van der Waals surface area contributed by atoms with Gasteiger partial charge in [0.1, 0.15) is 23.2 Å². The average Bonchev–Trinajstić information content (AvgIpc) is 3.16. The molecule has 1 N–H and O–H groups in total. The maximum atomic E-state index is 14.0. The number of carbonyl (C=O) groups excluding carboxylic acids is 3. The molecule has 0 aromatic heterocycles. The number of allylic oxidation sites excluding steroid dienone is 1. The fraction of sp³-hybridized carbons (Fsp3) is 0.731. The molecule has 2 amide bonds. The van der Waals surface area contributed by atoms with Crippen LogP contribution in [0.1, 0.15) is 59.3 Å². The predicted molar refractivity (Wildman–Crippen MR) is 126 cm³/mol. The standard InChI is InChI=1S/C26H38N2O6/c1-4-11-18(3)27-14-10-13-26-19(22(30)28(15-16-29)21(26)23(27)31)20-24(32)33-17-9-7-6-8-12-25(20,5-2)34-26/h8,10,12-13,18-21,29H,4-7,9,11,14-17H2,1-3H3/b12-8-/t18?,19-,20-,21?,25+,26-/m0/s1. The molecule has 8 nitrogen and oxygen atoms in total. The van der Waals surface area contributed by atoms with Crippen LogP contribution in [0.3, 0.4) is 0 Å². The Bertz CT molecular complexity index is 871. The van der Waals surface area contributed by atoms with Crippen molar-refractivity contribution < 1.29 is 29.0 Å². The molecule has 0 aromatic rings. The highest BCUT2D eigenvalue weighted by Crippen LogP contribution is 2.58. The number of likely N-dealkylation sites (tertiary alicyclic amines) is 1. The number of fused-ring (bicyclic) bond motifs is 2. The summed E-state index contributed by atoms with van der Waals surface area (Å²) in [5, 5.41) is 9.76. The topological polar surface area (TPSA) is 96.4 Å². The summed E-state index contributed by atoms with van der Waals surface area (Å²) in [7, 11) is 0. The van der Waals surface area contributed by atoms with Gasteiger partial charge in [-0.3, -0.25) is 14.4 Å². The van der Waals surface area contributed by atoms with E-state index in [-0.39, 0.29) is 31.0 Å². The van der Waals surface area contributed by atoms with Gasteiger partial charge in [0.15, 0.2) is 0 Å². The first-order valence-electron chi connectivity index (χ1n) is 12.8. The van der Waals surface area contributed by atoms with Crippen molar-refractivity contribution in [3.8, 4) is 0 Å². The summed E-state index contributed by atoms with van der Waals surface area (Å²) < 4.78 is 12.5. The molecule has 8 heteroatoms. The number of esters is 1. The van der Waals surface area contributed by atoms with Crippen LogP contribution in [0.5, 0.6) is 0 Å². The number of aliphatic hydroxyl groups is 1. The Morgan fingerprint density at radius 2 is 1.91 bits per heavy atom. The van der Waals surface area contributed by atoms with Gasteiger partial charge in [-0.25, -0.2) is 0 Å². The lowest BCUT2D eigenvalue weighted by molar-refractivity contribution is -0.162. The molecule has 0 aromatic carbocycles. The van der Waals surface area contributed by atoms with Crippen molar-refractivity contribution in [3.63, 3.8) is 0 Å². The van der Waals surface area contributed by atoms with Gasteiger partial charge >= 0.3 is 5.97 Å². The number of β-amino-alcohol motifs (C(OH)–C–C–N with tert-alkyl or cyclic N) is 1. The van der Waals surface area contributed by atoms with E-state index in [0.717, 1.165) is 32.1 Å². The highest BCUT2D eigenvalue weighted by Gasteiger charge is 2.75. The van der Waals surface area contributed by atoms with Crippen LogP contribution >= 0.6 is 0 Å².